The Bertz CT molecular complexity index is 234. The third-order valence-corrected chi connectivity index (χ3v) is 4.09. The number of halogens is 1. The van der Waals surface area contributed by atoms with Crippen LogP contribution in [0.4, 0.5) is 0 Å². The largest absolute Gasteiger partial charge is 0.393 e. The highest BCUT2D eigenvalue weighted by Crippen LogP contribution is 2.26. The number of hydrogen-bond acceptors (Lipinski definition) is 3. The maximum absolute atomic E-state index is 11.0. The summed E-state index contributed by atoms with van der Waals surface area (Å²) in [7, 11) is -1.62. The van der Waals surface area contributed by atoms with Crippen molar-refractivity contribution in [2.75, 3.05) is 0 Å². The van der Waals surface area contributed by atoms with Gasteiger partial charge in [-0.05, 0) is 12.5 Å². The standard InChI is InChI=1S/C8H13ClO3Si/c1-13(2,9)4-3-6-5-7(10)12-8(6)11/h6H,3-5H2,1-2H3. The summed E-state index contributed by atoms with van der Waals surface area (Å²) >= 11 is 6.10. The molecule has 0 aromatic heterocycles. The number of carbonyl (C=O) groups is 2. The van der Waals surface area contributed by atoms with Gasteiger partial charge in [0.05, 0.1) is 12.3 Å². The molecule has 0 radical (unpaired) electrons. The van der Waals surface area contributed by atoms with Crippen LogP contribution in [0.2, 0.25) is 19.1 Å². The van der Waals surface area contributed by atoms with E-state index < -0.39 is 13.4 Å². The van der Waals surface area contributed by atoms with Gasteiger partial charge in [-0.15, -0.1) is 0 Å². The summed E-state index contributed by atoms with van der Waals surface area (Å²) in [5.41, 5.74) is 0. The van der Waals surface area contributed by atoms with Gasteiger partial charge in [0.2, 0.25) is 0 Å². The first-order chi connectivity index (χ1) is 5.88. The number of ether oxygens (including phenoxy) is 1. The van der Waals surface area contributed by atoms with Crippen LogP contribution in [0.1, 0.15) is 12.8 Å². The quantitative estimate of drug-likeness (QED) is 0.316. The van der Waals surface area contributed by atoms with Crippen molar-refractivity contribution in [3.8, 4) is 0 Å². The van der Waals surface area contributed by atoms with Crippen molar-refractivity contribution in [1.82, 2.24) is 0 Å². The molecule has 1 unspecified atom stereocenters. The second-order valence-corrected chi connectivity index (χ2v) is 11.0. The first-order valence-electron chi connectivity index (χ1n) is 4.32. The number of esters is 2. The summed E-state index contributed by atoms with van der Waals surface area (Å²) in [6.07, 6.45) is 0.924. The maximum Gasteiger partial charge on any atom is 0.317 e. The van der Waals surface area contributed by atoms with E-state index in [9.17, 15) is 9.59 Å². The van der Waals surface area contributed by atoms with Gasteiger partial charge < -0.3 is 4.74 Å². The van der Waals surface area contributed by atoms with Crippen LogP contribution >= 0.6 is 11.1 Å². The lowest BCUT2D eigenvalue weighted by Crippen LogP contribution is -2.19. The van der Waals surface area contributed by atoms with E-state index in [1.165, 1.54) is 0 Å². The van der Waals surface area contributed by atoms with Crippen LogP contribution < -0.4 is 0 Å². The molecule has 1 aliphatic rings. The van der Waals surface area contributed by atoms with Crippen LogP contribution in [0, 0.1) is 5.92 Å². The Hall–Kier alpha value is -0.353. The first-order valence-corrected chi connectivity index (χ1v) is 8.54. The van der Waals surface area contributed by atoms with Crippen molar-refractivity contribution in [1.29, 1.82) is 0 Å². The van der Waals surface area contributed by atoms with E-state index in [-0.39, 0.29) is 18.3 Å². The number of cyclic esters (lactones) is 2. The molecule has 0 saturated carbocycles. The number of rotatable bonds is 3. The third kappa shape index (κ3) is 3.48. The Balaban J connectivity index is 2.38. The van der Waals surface area contributed by atoms with Gasteiger partial charge >= 0.3 is 11.9 Å². The molecule has 0 amide bonds. The van der Waals surface area contributed by atoms with Gasteiger partial charge in [-0.2, -0.15) is 11.1 Å². The van der Waals surface area contributed by atoms with Gasteiger partial charge in [0, 0.05) is 0 Å². The molecule has 1 heterocycles. The Morgan fingerprint density at radius 1 is 1.54 bits per heavy atom. The minimum Gasteiger partial charge on any atom is -0.393 e. The summed E-state index contributed by atoms with van der Waals surface area (Å²) < 4.78 is 4.43. The van der Waals surface area contributed by atoms with Crippen LogP contribution in [0.25, 0.3) is 0 Å². The molecule has 1 atom stereocenters. The van der Waals surface area contributed by atoms with Crippen LogP contribution in [0.3, 0.4) is 0 Å². The molecule has 3 nitrogen and oxygen atoms in total. The zero-order chi connectivity index (χ0) is 10.1. The fraction of sp³-hybridized carbons (Fsp3) is 0.750. The smallest absolute Gasteiger partial charge is 0.317 e. The number of hydrogen-bond donors (Lipinski definition) is 0. The lowest BCUT2D eigenvalue weighted by atomic mass is 10.1. The molecule has 0 spiro atoms. The molecular formula is C8H13ClO3Si. The lowest BCUT2D eigenvalue weighted by molar-refractivity contribution is -0.153. The second kappa shape index (κ2) is 3.80. The van der Waals surface area contributed by atoms with E-state index in [1.807, 2.05) is 13.1 Å². The highest BCUT2D eigenvalue weighted by molar-refractivity contribution is 7.19. The van der Waals surface area contributed by atoms with Crippen molar-refractivity contribution < 1.29 is 14.3 Å². The molecule has 1 aliphatic heterocycles. The number of carbonyl (C=O) groups excluding carboxylic acids is 2. The second-order valence-electron chi connectivity index (χ2n) is 3.95. The van der Waals surface area contributed by atoms with E-state index in [0.29, 0.717) is 6.42 Å². The fourth-order valence-corrected chi connectivity index (χ4v) is 2.62. The van der Waals surface area contributed by atoms with Crippen molar-refractivity contribution in [3.63, 3.8) is 0 Å². The van der Waals surface area contributed by atoms with Gasteiger partial charge in [-0.25, -0.2) is 0 Å². The van der Waals surface area contributed by atoms with E-state index in [1.54, 1.807) is 0 Å². The van der Waals surface area contributed by atoms with Crippen LogP contribution in [0.15, 0.2) is 0 Å². The summed E-state index contributed by atoms with van der Waals surface area (Å²) in [4.78, 5) is 21.8. The van der Waals surface area contributed by atoms with Gasteiger partial charge in [-0.1, -0.05) is 13.1 Å². The van der Waals surface area contributed by atoms with Crippen molar-refractivity contribution >= 4 is 30.4 Å². The van der Waals surface area contributed by atoms with Crippen LogP contribution in [0.5, 0.6) is 0 Å². The van der Waals surface area contributed by atoms with Gasteiger partial charge in [-0.3, -0.25) is 9.59 Å². The fourth-order valence-electron chi connectivity index (χ4n) is 1.26. The molecule has 0 bridgehead atoms. The normalized spacial score (nSPS) is 23.5. The molecule has 1 fully saturated rings. The Morgan fingerprint density at radius 3 is 2.54 bits per heavy atom. The van der Waals surface area contributed by atoms with Crippen molar-refractivity contribution in [2.45, 2.75) is 32.0 Å². The molecule has 0 aliphatic carbocycles. The molecule has 1 rings (SSSR count). The topological polar surface area (TPSA) is 43.4 Å². The molecule has 13 heavy (non-hydrogen) atoms. The highest BCUT2D eigenvalue weighted by Gasteiger charge is 2.34. The zero-order valence-electron chi connectivity index (χ0n) is 7.80. The predicted octanol–water partition coefficient (Wildman–Crippen LogP) is 1.91. The monoisotopic (exact) mass is 220 g/mol. The summed E-state index contributed by atoms with van der Waals surface area (Å²) in [5.74, 6) is -1.01. The first kappa shape index (κ1) is 10.7. The maximum atomic E-state index is 11.0. The van der Waals surface area contributed by atoms with Gasteiger partial charge in [0.1, 0.15) is 0 Å². The van der Waals surface area contributed by atoms with E-state index in [0.717, 1.165) is 6.04 Å². The molecule has 1 saturated heterocycles. The van der Waals surface area contributed by atoms with Gasteiger partial charge in [0.15, 0.2) is 7.38 Å². The minimum absolute atomic E-state index is 0.236. The molecular weight excluding hydrogens is 208 g/mol. The van der Waals surface area contributed by atoms with Crippen LogP contribution in [-0.2, 0) is 14.3 Å². The van der Waals surface area contributed by atoms with E-state index in [2.05, 4.69) is 4.74 Å². The zero-order valence-corrected chi connectivity index (χ0v) is 9.56. The summed E-state index contributed by atoms with van der Waals surface area (Å²) in [5, 5.41) is 0. The Labute approximate surface area is 83.1 Å². The molecule has 0 aromatic rings. The predicted molar refractivity (Wildman–Crippen MR) is 52.0 cm³/mol. The van der Waals surface area contributed by atoms with Crippen molar-refractivity contribution in [2.24, 2.45) is 5.92 Å². The third-order valence-electron chi connectivity index (χ3n) is 2.05. The molecule has 0 aromatic carbocycles. The van der Waals surface area contributed by atoms with Gasteiger partial charge in [0.25, 0.3) is 0 Å². The molecule has 74 valence electrons. The minimum atomic E-state index is -1.62. The Kier molecular flexibility index (Phi) is 3.13. The lowest BCUT2D eigenvalue weighted by Gasteiger charge is -2.13. The summed E-state index contributed by atoms with van der Waals surface area (Å²) in [6, 6.07) is 0.849. The SMILES string of the molecule is C[Si](C)(Cl)CCC1CC(=O)OC1=O. The molecule has 5 heteroatoms. The van der Waals surface area contributed by atoms with E-state index in [4.69, 9.17) is 11.1 Å². The van der Waals surface area contributed by atoms with E-state index >= 15 is 0 Å². The van der Waals surface area contributed by atoms with Crippen LogP contribution in [-0.4, -0.2) is 19.3 Å². The molecule has 0 N–H and O–H groups in total. The summed E-state index contributed by atoms with van der Waals surface area (Å²) in [6.45, 7) is 4.05. The van der Waals surface area contributed by atoms with Crippen molar-refractivity contribution in [3.05, 3.63) is 0 Å². The Morgan fingerprint density at radius 2 is 2.15 bits per heavy atom. The average molecular weight is 221 g/mol. The highest BCUT2D eigenvalue weighted by atomic mass is 35.6. The average Bonchev–Trinajstić information content (AvgIpc) is 2.24.